The molecule has 0 amide bonds. The standard InChI is InChI=1S/C19H27N3O/c1-14-10-15(2)12-21(11-14)13-18-16(3)20(4)22(19(18)23)17-8-6-5-7-9-17/h5-9,14-15H,10-13H2,1-4H3. The predicted octanol–water partition coefficient (Wildman–Crippen LogP) is 2.96. The van der Waals surface area contributed by atoms with Gasteiger partial charge in [-0.3, -0.25) is 14.4 Å². The molecule has 2 unspecified atom stereocenters. The third kappa shape index (κ3) is 3.13. The summed E-state index contributed by atoms with van der Waals surface area (Å²) in [6, 6.07) is 9.88. The van der Waals surface area contributed by atoms with Crippen LogP contribution in [0.25, 0.3) is 5.69 Å². The van der Waals surface area contributed by atoms with Crippen molar-refractivity contribution in [2.45, 2.75) is 33.7 Å². The summed E-state index contributed by atoms with van der Waals surface area (Å²) in [6.07, 6.45) is 1.29. The summed E-state index contributed by atoms with van der Waals surface area (Å²) in [5.74, 6) is 1.42. The molecule has 0 aliphatic carbocycles. The maximum Gasteiger partial charge on any atom is 0.276 e. The fraction of sp³-hybridized carbons (Fsp3) is 0.526. The van der Waals surface area contributed by atoms with Crippen molar-refractivity contribution in [3.63, 3.8) is 0 Å². The largest absolute Gasteiger partial charge is 0.298 e. The summed E-state index contributed by atoms with van der Waals surface area (Å²) < 4.78 is 3.76. The van der Waals surface area contributed by atoms with Crippen molar-refractivity contribution in [2.75, 3.05) is 13.1 Å². The van der Waals surface area contributed by atoms with E-state index in [9.17, 15) is 4.79 Å². The van der Waals surface area contributed by atoms with Crippen molar-refractivity contribution in [2.24, 2.45) is 18.9 Å². The first-order valence-corrected chi connectivity index (χ1v) is 8.52. The molecule has 1 saturated heterocycles. The summed E-state index contributed by atoms with van der Waals surface area (Å²) in [5, 5.41) is 0. The lowest BCUT2D eigenvalue weighted by atomic mass is 9.91. The highest BCUT2D eigenvalue weighted by molar-refractivity contribution is 5.33. The van der Waals surface area contributed by atoms with Gasteiger partial charge < -0.3 is 0 Å². The smallest absolute Gasteiger partial charge is 0.276 e. The SMILES string of the molecule is Cc1c(CN2CC(C)CC(C)C2)c(=O)n(-c2ccccc2)n1C. The predicted molar refractivity (Wildman–Crippen MR) is 94.0 cm³/mol. The Balaban J connectivity index is 1.94. The highest BCUT2D eigenvalue weighted by Crippen LogP contribution is 2.22. The maximum absolute atomic E-state index is 13.0. The molecule has 1 fully saturated rings. The number of piperidine rings is 1. The zero-order valence-electron chi connectivity index (χ0n) is 14.6. The van der Waals surface area contributed by atoms with Gasteiger partial charge in [0.25, 0.3) is 5.56 Å². The second-order valence-corrected chi connectivity index (χ2v) is 7.18. The van der Waals surface area contributed by atoms with E-state index in [0.717, 1.165) is 36.6 Å². The molecule has 2 aromatic rings. The number of benzene rings is 1. The monoisotopic (exact) mass is 313 g/mol. The molecule has 23 heavy (non-hydrogen) atoms. The van der Waals surface area contributed by atoms with Gasteiger partial charge in [-0.25, -0.2) is 4.68 Å². The van der Waals surface area contributed by atoms with E-state index in [1.54, 1.807) is 4.68 Å². The molecule has 0 saturated carbocycles. The van der Waals surface area contributed by atoms with Crippen LogP contribution in [0.15, 0.2) is 35.1 Å². The Morgan fingerprint density at radius 2 is 1.70 bits per heavy atom. The van der Waals surface area contributed by atoms with Gasteiger partial charge >= 0.3 is 0 Å². The number of nitrogens with zero attached hydrogens (tertiary/aromatic N) is 3. The molecule has 2 heterocycles. The Morgan fingerprint density at radius 1 is 1.09 bits per heavy atom. The van der Waals surface area contributed by atoms with Gasteiger partial charge in [-0.05, 0) is 37.3 Å². The molecular weight excluding hydrogens is 286 g/mol. The summed E-state index contributed by atoms with van der Waals surface area (Å²) in [5.41, 5.74) is 3.03. The maximum atomic E-state index is 13.0. The van der Waals surface area contributed by atoms with E-state index in [1.807, 2.05) is 49.0 Å². The topological polar surface area (TPSA) is 30.2 Å². The molecular formula is C19H27N3O. The van der Waals surface area contributed by atoms with Gasteiger partial charge in [-0.1, -0.05) is 32.0 Å². The molecule has 3 rings (SSSR count). The first-order chi connectivity index (χ1) is 11.0. The second kappa shape index (κ2) is 6.36. The van der Waals surface area contributed by atoms with Crippen molar-refractivity contribution < 1.29 is 0 Å². The zero-order valence-corrected chi connectivity index (χ0v) is 14.6. The Kier molecular flexibility index (Phi) is 4.44. The Hall–Kier alpha value is -1.81. The number of aromatic nitrogens is 2. The average molecular weight is 313 g/mol. The van der Waals surface area contributed by atoms with Crippen molar-refractivity contribution in [1.82, 2.24) is 14.3 Å². The van der Waals surface area contributed by atoms with Gasteiger partial charge in [0.15, 0.2) is 0 Å². The van der Waals surface area contributed by atoms with Crippen LogP contribution in [-0.2, 0) is 13.6 Å². The van der Waals surface area contributed by atoms with Crippen LogP contribution < -0.4 is 5.56 Å². The van der Waals surface area contributed by atoms with Crippen molar-refractivity contribution >= 4 is 0 Å². The number of para-hydroxylation sites is 1. The lowest BCUT2D eigenvalue weighted by Gasteiger charge is -2.34. The van der Waals surface area contributed by atoms with Crippen LogP contribution in [0.4, 0.5) is 0 Å². The molecule has 0 bridgehead atoms. The van der Waals surface area contributed by atoms with Gasteiger partial charge in [-0.2, -0.15) is 0 Å². The minimum Gasteiger partial charge on any atom is -0.298 e. The normalized spacial score (nSPS) is 22.4. The number of hydrogen-bond acceptors (Lipinski definition) is 2. The van der Waals surface area contributed by atoms with Crippen molar-refractivity contribution in [1.29, 1.82) is 0 Å². The van der Waals surface area contributed by atoms with Gasteiger partial charge in [0.1, 0.15) is 0 Å². The molecule has 1 aromatic carbocycles. The third-order valence-electron chi connectivity index (χ3n) is 5.00. The molecule has 124 valence electrons. The number of likely N-dealkylation sites (tertiary alicyclic amines) is 1. The van der Waals surface area contributed by atoms with E-state index in [0.29, 0.717) is 11.8 Å². The molecule has 4 heteroatoms. The third-order valence-corrected chi connectivity index (χ3v) is 5.00. The minimum atomic E-state index is 0.113. The van der Waals surface area contributed by atoms with Gasteiger partial charge in [0, 0.05) is 32.4 Å². The number of rotatable bonds is 3. The Labute approximate surface area is 138 Å². The lowest BCUT2D eigenvalue weighted by Crippen LogP contribution is -2.39. The first-order valence-electron chi connectivity index (χ1n) is 8.52. The van der Waals surface area contributed by atoms with E-state index < -0.39 is 0 Å². The van der Waals surface area contributed by atoms with Crippen LogP contribution >= 0.6 is 0 Å². The van der Waals surface area contributed by atoms with E-state index in [1.165, 1.54) is 6.42 Å². The van der Waals surface area contributed by atoms with Crippen LogP contribution in [-0.4, -0.2) is 27.4 Å². The van der Waals surface area contributed by atoms with E-state index >= 15 is 0 Å². The lowest BCUT2D eigenvalue weighted by molar-refractivity contribution is 0.134. The summed E-state index contributed by atoms with van der Waals surface area (Å²) in [6.45, 7) is 9.60. The fourth-order valence-corrected chi connectivity index (χ4v) is 3.95. The molecule has 1 aliphatic heterocycles. The van der Waals surface area contributed by atoms with Crippen LogP contribution in [0.5, 0.6) is 0 Å². The quantitative estimate of drug-likeness (QED) is 0.872. The summed E-state index contributed by atoms with van der Waals surface area (Å²) >= 11 is 0. The molecule has 1 aliphatic rings. The molecule has 2 atom stereocenters. The summed E-state index contributed by atoms with van der Waals surface area (Å²) in [4.78, 5) is 15.4. The second-order valence-electron chi connectivity index (χ2n) is 7.18. The average Bonchev–Trinajstić information content (AvgIpc) is 2.71. The van der Waals surface area contributed by atoms with Crippen LogP contribution in [0, 0.1) is 18.8 Å². The van der Waals surface area contributed by atoms with Crippen LogP contribution in [0.1, 0.15) is 31.5 Å². The van der Waals surface area contributed by atoms with Gasteiger partial charge in [0.2, 0.25) is 0 Å². The first kappa shape index (κ1) is 16.1. The van der Waals surface area contributed by atoms with E-state index in [4.69, 9.17) is 0 Å². The molecule has 0 spiro atoms. The summed E-state index contributed by atoms with van der Waals surface area (Å²) in [7, 11) is 1.97. The van der Waals surface area contributed by atoms with Crippen molar-refractivity contribution in [3.8, 4) is 5.69 Å². The van der Waals surface area contributed by atoms with Crippen LogP contribution in [0.2, 0.25) is 0 Å². The minimum absolute atomic E-state index is 0.113. The van der Waals surface area contributed by atoms with E-state index in [-0.39, 0.29) is 5.56 Å². The van der Waals surface area contributed by atoms with Crippen molar-refractivity contribution in [3.05, 3.63) is 51.9 Å². The Bertz CT molecular complexity index is 719. The zero-order chi connectivity index (χ0) is 16.6. The number of hydrogen-bond donors (Lipinski definition) is 0. The van der Waals surface area contributed by atoms with Gasteiger partial charge in [0.05, 0.1) is 11.3 Å². The molecule has 1 aromatic heterocycles. The fourth-order valence-electron chi connectivity index (χ4n) is 3.95. The van der Waals surface area contributed by atoms with Gasteiger partial charge in [-0.15, -0.1) is 0 Å². The molecule has 0 radical (unpaired) electrons. The molecule has 4 nitrogen and oxygen atoms in total. The van der Waals surface area contributed by atoms with E-state index in [2.05, 4.69) is 18.7 Å². The van der Waals surface area contributed by atoms with Crippen LogP contribution in [0.3, 0.4) is 0 Å². The highest BCUT2D eigenvalue weighted by Gasteiger charge is 2.24. The Morgan fingerprint density at radius 3 is 2.30 bits per heavy atom. The molecule has 0 N–H and O–H groups in total. The highest BCUT2D eigenvalue weighted by atomic mass is 16.1.